The number of rotatable bonds is 9. The van der Waals surface area contributed by atoms with E-state index in [0.717, 1.165) is 75.9 Å². The van der Waals surface area contributed by atoms with Gasteiger partial charge in [0.15, 0.2) is 23.1 Å². The van der Waals surface area contributed by atoms with Crippen LogP contribution in [0.25, 0.3) is 0 Å². The molecule has 0 bridgehead atoms. The summed E-state index contributed by atoms with van der Waals surface area (Å²) in [6.07, 6.45) is 6.92. The Balaban J connectivity index is 1.65. The third-order valence-electron chi connectivity index (χ3n) is 7.85. The van der Waals surface area contributed by atoms with Crippen molar-refractivity contribution < 1.29 is 19.1 Å². The molecule has 0 N–H and O–H groups in total. The molecule has 0 amide bonds. The molecule has 0 spiro atoms. The summed E-state index contributed by atoms with van der Waals surface area (Å²) < 4.78 is 13.5. The lowest BCUT2D eigenvalue weighted by Gasteiger charge is -2.43. The van der Waals surface area contributed by atoms with Gasteiger partial charge in [-0.05, 0) is 75.3 Å². The van der Waals surface area contributed by atoms with E-state index < -0.39 is 0 Å². The van der Waals surface area contributed by atoms with E-state index in [-0.39, 0.29) is 17.5 Å². The van der Waals surface area contributed by atoms with Gasteiger partial charge in [-0.15, -0.1) is 6.58 Å². The smallest absolute Gasteiger partial charge is 0.165 e. The Labute approximate surface area is 239 Å². The van der Waals surface area contributed by atoms with Crippen molar-refractivity contribution in [3.05, 3.63) is 92.8 Å². The number of hydrogen-bond acceptors (Lipinski definition) is 5. The van der Waals surface area contributed by atoms with Crippen molar-refractivity contribution in [1.82, 2.24) is 4.90 Å². The van der Waals surface area contributed by atoms with Gasteiger partial charge in [0, 0.05) is 57.9 Å². The quantitative estimate of drug-likeness (QED) is 0.282. The minimum Gasteiger partial charge on any atom is -0.490 e. The average molecular weight is 591 g/mol. The normalized spacial score (nSPS) is 17.8. The van der Waals surface area contributed by atoms with Crippen LogP contribution in [-0.4, -0.2) is 29.6 Å². The highest BCUT2D eigenvalue weighted by molar-refractivity contribution is 9.10. The van der Waals surface area contributed by atoms with Crippen molar-refractivity contribution in [3.63, 3.8) is 0 Å². The summed E-state index contributed by atoms with van der Waals surface area (Å²) in [5.74, 6) is 1.26. The zero-order valence-electron chi connectivity index (χ0n) is 22.9. The summed E-state index contributed by atoms with van der Waals surface area (Å²) in [7, 11) is 0. The van der Waals surface area contributed by atoms with Crippen molar-refractivity contribution in [1.29, 1.82) is 0 Å². The van der Waals surface area contributed by atoms with Gasteiger partial charge in [-0.3, -0.25) is 9.59 Å². The molecule has 0 atom stereocenters. The molecule has 1 aliphatic heterocycles. The second kappa shape index (κ2) is 12.0. The number of ketones is 2. The van der Waals surface area contributed by atoms with Crippen LogP contribution < -0.4 is 9.47 Å². The van der Waals surface area contributed by atoms with E-state index in [0.29, 0.717) is 44.0 Å². The van der Waals surface area contributed by atoms with Crippen LogP contribution in [0.15, 0.2) is 76.1 Å². The summed E-state index contributed by atoms with van der Waals surface area (Å²) in [5, 5.41) is 0. The molecule has 6 heteroatoms. The van der Waals surface area contributed by atoms with Crippen LogP contribution in [0.1, 0.15) is 75.0 Å². The second-order valence-corrected chi connectivity index (χ2v) is 11.2. The summed E-state index contributed by atoms with van der Waals surface area (Å²) >= 11 is 3.49. The zero-order chi connectivity index (χ0) is 27.5. The number of carbonyl (C=O) groups excluding carboxylic acids is 2. The number of hydrogen-bond donors (Lipinski definition) is 0. The first-order valence-corrected chi connectivity index (χ1v) is 14.8. The van der Waals surface area contributed by atoms with E-state index in [1.807, 2.05) is 43.3 Å². The SMILES string of the molecule is C=CCc1cc(C2C3=C(CCCC3=O)N(CC)C3=C2C(=O)CCC3)cc(OCC)c1OCc1ccc(Br)cc1. The van der Waals surface area contributed by atoms with Gasteiger partial charge in [-0.2, -0.15) is 0 Å². The predicted octanol–water partition coefficient (Wildman–Crippen LogP) is 7.59. The van der Waals surface area contributed by atoms with Gasteiger partial charge < -0.3 is 14.4 Å². The fraction of sp³-hybridized carbons (Fsp3) is 0.394. The lowest BCUT2D eigenvalue weighted by Crippen LogP contribution is -2.39. The number of nitrogens with zero attached hydrogens (tertiary/aromatic N) is 1. The Bertz CT molecular complexity index is 1310. The van der Waals surface area contributed by atoms with E-state index in [1.54, 1.807) is 0 Å². The highest BCUT2D eigenvalue weighted by atomic mass is 79.9. The number of Topliss-reactive ketones (excluding diaryl/α,β-unsaturated/α-hetero) is 2. The van der Waals surface area contributed by atoms with E-state index >= 15 is 0 Å². The van der Waals surface area contributed by atoms with Crippen molar-refractivity contribution in [2.75, 3.05) is 13.2 Å². The topological polar surface area (TPSA) is 55.8 Å². The van der Waals surface area contributed by atoms with Crippen LogP contribution in [0, 0.1) is 0 Å². The molecule has 0 fully saturated rings. The minimum absolute atomic E-state index is 0.156. The van der Waals surface area contributed by atoms with Gasteiger partial charge in [0.25, 0.3) is 0 Å². The highest BCUT2D eigenvalue weighted by Gasteiger charge is 2.43. The summed E-state index contributed by atoms with van der Waals surface area (Å²) in [6.45, 7) is 9.68. The van der Waals surface area contributed by atoms with Crippen LogP contribution in [0.4, 0.5) is 0 Å². The molecule has 2 aromatic carbocycles. The molecular weight excluding hydrogens is 554 g/mol. The molecular formula is C33H36BrNO4. The second-order valence-electron chi connectivity index (χ2n) is 10.3. The molecule has 0 unspecified atom stereocenters. The summed E-state index contributed by atoms with van der Waals surface area (Å²) in [5.41, 5.74) is 6.72. The molecule has 0 saturated carbocycles. The van der Waals surface area contributed by atoms with E-state index in [9.17, 15) is 9.59 Å². The largest absolute Gasteiger partial charge is 0.490 e. The maximum Gasteiger partial charge on any atom is 0.165 e. The van der Waals surface area contributed by atoms with Gasteiger partial charge in [-0.25, -0.2) is 0 Å². The van der Waals surface area contributed by atoms with Gasteiger partial charge in [0.1, 0.15) is 6.61 Å². The predicted molar refractivity (Wildman–Crippen MR) is 157 cm³/mol. The number of ether oxygens (including phenoxy) is 2. The maximum absolute atomic E-state index is 13.5. The highest BCUT2D eigenvalue weighted by Crippen LogP contribution is 2.50. The molecule has 0 aromatic heterocycles. The minimum atomic E-state index is -0.373. The number of benzene rings is 2. The van der Waals surface area contributed by atoms with Crippen LogP contribution in [-0.2, 0) is 22.6 Å². The first-order chi connectivity index (χ1) is 19.0. The third kappa shape index (κ3) is 5.36. The first kappa shape index (κ1) is 27.4. The Kier molecular flexibility index (Phi) is 8.41. The van der Waals surface area contributed by atoms with Crippen LogP contribution in [0.3, 0.4) is 0 Å². The molecule has 5 rings (SSSR count). The van der Waals surface area contributed by atoms with Gasteiger partial charge >= 0.3 is 0 Å². The summed E-state index contributed by atoms with van der Waals surface area (Å²) in [4.78, 5) is 29.3. The first-order valence-electron chi connectivity index (χ1n) is 14.0. The standard InChI is InChI=1S/C33H36BrNO4/c1-4-9-22-18-23(19-29(38-6-3)33(22)39-20-21-14-16-24(34)17-15-21)30-31-25(10-7-12-27(31)36)35(5-2)26-11-8-13-28(37)32(26)30/h4,14-19,30H,1,5-13,20H2,2-3H3. The molecule has 2 aliphatic carbocycles. The molecule has 0 saturated heterocycles. The van der Waals surface area contributed by atoms with E-state index in [2.05, 4.69) is 40.4 Å². The molecule has 2 aromatic rings. The van der Waals surface area contributed by atoms with E-state index in [4.69, 9.17) is 9.47 Å². The lowest BCUT2D eigenvalue weighted by atomic mass is 9.70. The Morgan fingerprint density at radius 1 is 0.949 bits per heavy atom. The Hall–Kier alpha value is -3.12. The maximum atomic E-state index is 13.5. The monoisotopic (exact) mass is 589 g/mol. The van der Waals surface area contributed by atoms with Crippen molar-refractivity contribution in [3.8, 4) is 11.5 Å². The lowest BCUT2D eigenvalue weighted by molar-refractivity contribution is -0.117. The number of halogens is 1. The molecule has 5 nitrogen and oxygen atoms in total. The Morgan fingerprint density at radius 3 is 2.15 bits per heavy atom. The van der Waals surface area contributed by atoms with Gasteiger partial charge in [0.05, 0.1) is 6.61 Å². The molecule has 204 valence electrons. The third-order valence-corrected chi connectivity index (χ3v) is 8.38. The molecule has 3 aliphatic rings. The van der Waals surface area contributed by atoms with Gasteiger partial charge in [-0.1, -0.05) is 40.2 Å². The fourth-order valence-electron chi connectivity index (χ4n) is 6.25. The fourth-order valence-corrected chi connectivity index (χ4v) is 6.52. The van der Waals surface area contributed by atoms with Crippen molar-refractivity contribution in [2.45, 2.75) is 71.3 Å². The van der Waals surface area contributed by atoms with Crippen molar-refractivity contribution in [2.24, 2.45) is 0 Å². The number of allylic oxidation sites excluding steroid dienone is 5. The molecule has 0 radical (unpaired) electrons. The molecule has 1 heterocycles. The molecule has 39 heavy (non-hydrogen) atoms. The number of carbonyl (C=O) groups is 2. The summed E-state index contributed by atoms with van der Waals surface area (Å²) in [6, 6.07) is 12.2. The zero-order valence-corrected chi connectivity index (χ0v) is 24.4. The van der Waals surface area contributed by atoms with Gasteiger partial charge in [0.2, 0.25) is 0 Å². The van der Waals surface area contributed by atoms with Crippen LogP contribution >= 0.6 is 15.9 Å². The van der Waals surface area contributed by atoms with Crippen molar-refractivity contribution >= 4 is 27.5 Å². The van der Waals surface area contributed by atoms with E-state index in [1.165, 1.54) is 0 Å². The average Bonchev–Trinajstić information content (AvgIpc) is 2.93. The Morgan fingerprint density at radius 2 is 1.59 bits per heavy atom. The van der Waals surface area contributed by atoms with Crippen LogP contribution in [0.2, 0.25) is 0 Å². The van der Waals surface area contributed by atoms with Crippen LogP contribution in [0.5, 0.6) is 11.5 Å².